The highest BCUT2D eigenvalue weighted by molar-refractivity contribution is 5.97. The van der Waals surface area contributed by atoms with Crippen molar-refractivity contribution in [1.29, 1.82) is 0 Å². The Morgan fingerprint density at radius 3 is 2.62 bits per heavy atom. The molecule has 1 saturated heterocycles. The van der Waals surface area contributed by atoms with Gasteiger partial charge >= 0.3 is 0 Å². The molecule has 0 saturated carbocycles. The lowest BCUT2D eigenvalue weighted by molar-refractivity contribution is -0.142. The van der Waals surface area contributed by atoms with E-state index in [9.17, 15) is 9.59 Å². The summed E-state index contributed by atoms with van der Waals surface area (Å²) >= 11 is 0. The first-order chi connectivity index (χ1) is 11.6. The second kappa shape index (κ2) is 8.83. The number of benzene rings is 1. The Morgan fingerprint density at radius 2 is 2.00 bits per heavy atom. The van der Waals surface area contributed by atoms with Crippen LogP contribution >= 0.6 is 0 Å². The van der Waals surface area contributed by atoms with Crippen LogP contribution in [-0.4, -0.2) is 48.6 Å². The van der Waals surface area contributed by atoms with Crippen LogP contribution in [0.5, 0.6) is 0 Å². The minimum Gasteiger partial charge on any atom is -0.375 e. The molecule has 1 aromatic carbocycles. The number of amides is 2. The number of carbonyl (C=O) groups excluding carboxylic acids is 2. The van der Waals surface area contributed by atoms with Gasteiger partial charge in [-0.2, -0.15) is 0 Å². The summed E-state index contributed by atoms with van der Waals surface area (Å²) in [7, 11) is 0. The van der Waals surface area contributed by atoms with Crippen molar-refractivity contribution in [2.75, 3.05) is 19.7 Å². The summed E-state index contributed by atoms with van der Waals surface area (Å²) in [5, 5.41) is 2.94. The third-order valence-corrected chi connectivity index (χ3v) is 4.71. The zero-order chi connectivity index (χ0) is 17.5. The van der Waals surface area contributed by atoms with Crippen LogP contribution in [0.25, 0.3) is 0 Å². The molecule has 1 N–H and O–H groups in total. The van der Waals surface area contributed by atoms with Gasteiger partial charge in [0.2, 0.25) is 5.91 Å². The maximum atomic E-state index is 13.0. The van der Waals surface area contributed by atoms with Crippen molar-refractivity contribution in [3.8, 4) is 0 Å². The van der Waals surface area contributed by atoms with E-state index in [1.165, 1.54) is 0 Å². The number of ether oxygens (including phenoxy) is 1. The molecule has 5 heteroatoms. The minimum atomic E-state index is -0.502. The molecule has 0 spiro atoms. The predicted molar refractivity (Wildman–Crippen MR) is 93.8 cm³/mol. The lowest BCUT2D eigenvalue weighted by Gasteiger charge is -2.36. The third kappa shape index (κ3) is 4.57. The van der Waals surface area contributed by atoms with E-state index in [0.29, 0.717) is 25.3 Å². The standard InChI is InChI=1S/C19H28N2O3/c1-4-14(3)17(20-18(22)15-9-7-6-8-10-15)19(23)21-11-12-24-16(5-2)13-21/h6-10,14,16-17H,4-5,11-13H2,1-3H3,(H,20,22)/t14-,16+,17-/m0/s1. The van der Waals surface area contributed by atoms with Crippen LogP contribution in [0.3, 0.4) is 0 Å². The monoisotopic (exact) mass is 332 g/mol. The first-order valence-corrected chi connectivity index (χ1v) is 8.83. The Kier molecular flexibility index (Phi) is 6.79. The molecule has 2 rings (SSSR count). The van der Waals surface area contributed by atoms with E-state index in [1.54, 1.807) is 12.1 Å². The summed E-state index contributed by atoms with van der Waals surface area (Å²) in [6.45, 7) is 7.85. The highest BCUT2D eigenvalue weighted by Gasteiger charge is 2.32. The molecule has 3 atom stereocenters. The summed E-state index contributed by atoms with van der Waals surface area (Å²) in [5.74, 6) is -0.127. The lowest BCUT2D eigenvalue weighted by Crippen LogP contribution is -2.55. The minimum absolute atomic E-state index is 0.00428. The van der Waals surface area contributed by atoms with Crippen molar-refractivity contribution in [3.05, 3.63) is 35.9 Å². The number of carbonyl (C=O) groups is 2. The molecule has 1 heterocycles. The number of hydrogen-bond donors (Lipinski definition) is 1. The SMILES string of the molecule is CC[C@@H]1CN(C(=O)[C@@H](NC(=O)c2ccccc2)[C@@H](C)CC)CCO1. The fourth-order valence-electron chi connectivity index (χ4n) is 2.86. The number of rotatable bonds is 6. The first-order valence-electron chi connectivity index (χ1n) is 8.83. The number of nitrogens with zero attached hydrogens (tertiary/aromatic N) is 1. The van der Waals surface area contributed by atoms with Gasteiger partial charge in [0.15, 0.2) is 0 Å². The predicted octanol–water partition coefficient (Wildman–Crippen LogP) is 2.47. The Hall–Kier alpha value is -1.88. The molecular formula is C19H28N2O3. The van der Waals surface area contributed by atoms with Crippen LogP contribution in [0.1, 0.15) is 44.0 Å². The van der Waals surface area contributed by atoms with Crippen LogP contribution in [-0.2, 0) is 9.53 Å². The zero-order valence-electron chi connectivity index (χ0n) is 14.8. The topological polar surface area (TPSA) is 58.6 Å². The van der Waals surface area contributed by atoms with E-state index < -0.39 is 6.04 Å². The molecule has 1 fully saturated rings. The van der Waals surface area contributed by atoms with Gasteiger partial charge in [-0.15, -0.1) is 0 Å². The second-order valence-electron chi connectivity index (χ2n) is 6.39. The Morgan fingerprint density at radius 1 is 1.29 bits per heavy atom. The summed E-state index contributed by atoms with van der Waals surface area (Å²) in [4.78, 5) is 27.3. The van der Waals surface area contributed by atoms with Crippen LogP contribution in [0, 0.1) is 5.92 Å². The largest absolute Gasteiger partial charge is 0.375 e. The van der Waals surface area contributed by atoms with Crippen LogP contribution in [0.15, 0.2) is 30.3 Å². The van der Waals surface area contributed by atoms with Gasteiger partial charge in [-0.1, -0.05) is 45.4 Å². The molecule has 132 valence electrons. The van der Waals surface area contributed by atoms with E-state index in [-0.39, 0.29) is 23.8 Å². The number of nitrogens with one attached hydrogen (secondary N) is 1. The smallest absolute Gasteiger partial charge is 0.251 e. The summed E-state index contributed by atoms with van der Waals surface area (Å²) in [6.07, 6.45) is 1.80. The van der Waals surface area contributed by atoms with E-state index in [0.717, 1.165) is 12.8 Å². The molecular weight excluding hydrogens is 304 g/mol. The zero-order valence-corrected chi connectivity index (χ0v) is 14.8. The van der Waals surface area contributed by atoms with Crippen molar-refractivity contribution < 1.29 is 14.3 Å². The van der Waals surface area contributed by atoms with E-state index in [4.69, 9.17) is 4.74 Å². The molecule has 1 aliphatic heterocycles. The van der Waals surface area contributed by atoms with Crippen molar-refractivity contribution in [3.63, 3.8) is 0 Å². The van der Waals surface area contributed by atoms with Crippen LogP contribution < -0.4 is 5.32 Å². The fraction of sp³-hybridized carbons (Fsp3) is 0.579. The second-order valence-corrected chi connectivity index (χ2v) is 6.39. The molecule has 0 unspecified atom stereocenters. The van der Waals surface area contributed by atoms with Gasteiger partial charge in [0, 0.05) is 18.7 Å². The third-order valence-electron chi connectivity index (χ3n) is 4.71. The van der Waals surface area contributed by atoms with Gasteiger partial charge in [-0.25, -0.2) is 0 Å². The Bertz CT molecular complexity index is 547. The molecule has 1 aromatic rings. The van der Waals surface area contributed by atoms with Crippen LogP contribution in [0.4, 0.5) is 0 Å². The van der Waals surface area contributed by atoms with Crippen molar-refractivity contribution in [2.45, 2.75) is 45.8 Å². The molecule has 5 nitrogen and oxygen atoms in total. The van der Waals surface area contributed by atoms with Gasteiger partial charge < -0.3 is 15.0 Å². The maximum Gasteiger partial charge on any atom is 0.251 e. The quantitative estimate of drug-likeness (QED) is 0.870. The van der Waals surface area contributed by atoms with Crippen molar-refractivity contribution in [2.24, 2.45) is 5.92 Å². The Labute approximate surface area is 144 Å². The van der Waals surface area contributed by atoms with Gasteiger partial charge in [0.25, 0.3) is 5.91 Å². The number of hydrogen-bond acceptors (Lipinski definition) is 3. The van der Waals surface area contributed by atoms with Crippen molar-refractivity contribution in [1.82, 2.24) is 10.2 Å². The van der Waals surface area contributed by atoms with E-state index in [1.807, 2.05) is 36.9 Å². The van der Waals surface area contributed by atoms with Gasteiger partial charge in [0.05, 0.1) is 12.7 Å². The molecule has 24 heavy (non-hydrogen) atoms. The van der Waals surface area contributed by atoms with Gasteiger partial charge in [0.1, 0.15) is 6.04 Å². The average Bonchev–Trinajstić information content (AvgIpc) is 2.65. The van der Waals surface area contributed by atoms with Gasteiger partial charge in [-0.3, -0.25) is 9.59 Å². The molecule has 0 bridgehead atoms. The maximum absolute atomic E-state index is 13.0. The summed E-state index contributed by atoms with van der Waals surface area (Å²) < 4.78 is 5.64. The highest BCUT2D eigenvalue weighted by Crippen LogP contribution is 2.16. The highest BCUT2D eigenvalue weighted by atomic mass is 16.5. The molecule has 0 aromatic heterocycles. The van der Waals surface area contributed by atoms with Crippen LogP contribution in [0.2, 0.25) is 0 Å². The normalized spacial score (nSPS) is 20.3. The van der Waals surface area contributed by atoms with Crippen molar-refractivity contribution >= 4 is 11.8 Å². The molecule has 0 aliphatic carbocycles. The summed E-state index contributed by atoms with van der Waals surface area (Å²) in [5.41, 5.74) is 0.576. The fourth-order valence-corrected chi connectivity index (χ4v) is 2.86. The average molecular weight is 332 g/mol. The molecule has 1 aliphatic rings. The van der Waals surface area contributed by atoms with Gasteiger partial charge in [-0.05, 0) is 24.5 Å². The lowest BCUT2D eigenvalue weighted by atomic mass is 9.96. The Balaban J connectivity index is 2.10. The first kappa shape index (κ1) is 18.5. The molecule has 2 amide bonds. The van der Waals surface area contributed by atoms with E-state index in [2.05, 4.69) is 12.2 Å². The van der Waals surface area contributed by atoms with E-state index >= 15 is 0 Å². The molecule has 0 radical (unpaired) electrons. The number of morpholine rings is 1. The summed E-state index contributed by atoms with van der Waals surface area (Å²) in [6, 6.07) is 8.53.